The van der Waals surface area contributed by atoms with Crippen LogP contribution in [-0.2, 0) is 21.2 Å². The Morgan fingerprint density at radius 2 is 1.43 bits per heavy atom. The minimum Gasteiger partial charge on any atom is -0.449 e. The number of ketones is 1. The lowest BCUT2D eigenvalue weighted by Gasteiger charge is -2.30. The minimum atomic E-state index is -4.05. The maximum Gasteiger partial charge on any atom is 0.407 e. The van der Waals surface area contributed by atoms with E-state index in [1.165, 1.54) is 28.6 Å². The van der Waals surface area contributed by atoms with Crippen LogP contribution in [-0.4, -0.2) is 66.9 Å². The number of carbonyl (C=O) groups is 2. The van der Waals surface area contributed by atoms with E-state index >= 15 is 0 Å². The standard InChI is InChI=1S/C37H39BrN2O6S/c1-25(2)22-40(47(44,45)28-18-16-27(17-19-28)35(41)21-38)23-36(42)34(20-26-10-4-3-5-11-26)39-37(43)46-24-33-31-14-8-6-12-29(31)30-13-7-9-15-32(30)33/h3-19,25,33-34,36,42H,20-24H2,1-2H3,(H,39,43). The molecule has 5 rings (SSSR count). The lowest BCUT2D eigenvalue weighted by Crippen LogP contribution is -2.51. The number of fused-ring (bicyclic) bond motifs is 3. The van der Waals surface area contributed by atoms with Gasteiger partial charge in [-0.25, -0.2) is 13.2 Å². The first-order chi connectivity index (χ1) is 22.6. The van der Waals surface area contributed by atoms with Crippen LogP contribution < -0.4 is 5.32 Å². The Balaban J connectivity index is 1.33. The summed E-state index contributed by atoms with van der Waals surface area (Å²) in [5.74, 6) is -0.339. The van der Waals surface area contributed by atoms with Crippen molar-refractivity contribution in [1.82, 2.24) is 9.62 Å². The largest absolute Gasteiger partial charge is 0.449 e. The van der Waals surface area contributed by atoms with Crippen LogP contribution in [0, 0.1) is 5.92 Å². The first kappa shape index (κ1) is 34.5. The molecule has 246 valence electrons. The molecule has 1 aliphatic carbocycles. The van der Waals surface area contributed by atoms with Gasteiger partial charge in [0, 0.05) is 24.6 Å². The third-order valence-electron chi connectivity index (χ3n) is 8.30. The first-order valence-electron chi connectivity index (χ1n) is 15.6. The number of hydrogen-bond acceptors (Lipinski definition) is 6. The van der Waals surface area contributed by atoms with Gasteiger partial charge in [-0.2, -0.15) is 4.31 Å². The van der Waals surface area contributed by atoms with E-state index in [4.69, 9.17) is 4.74 Å². The summed E-state index contributed by atoms with van der Waals surface area (Å²) in [5, 5.41) is 14.5. The quantitative estimate of drug-likeness (QED) is 0.115. The lowest BCUT2D eigenvalue weighted by molar-refractivity contribution is 0.0885. The molecule has 1 amide bonds. The van der Waals surface area contributed by atoms with Crippen molar-refractivity contribution < 1.29 is 27.9 Å². The van der Waals surface area contributed by atoms with E-state index in [0.717, 1.165) is 27.8 Å². The van der Waals surface area contributed by atoms with Gasteiger partial charge in [0.2, 0.25) is 10.0 Å². The molecule has 1 aliphatic rings. The molecule has 0 radical (unpaired) electrons. The zero-order chi connectivity index (χ0) is 33.6. The second kappa shape index (κ2) is 15.4. The number of amides is 1. The first-order valence-corrected chi connectivity index (χ1v) is 18.2. The smallest absolute Gasteiger partial charge is 0.407 e. The normalized spacial score (nSPS) is 14.0. The summed E-state index contributed by atoms with van der Waals surface area (Å²) in [6.45, 7) is 3.77. The van der Waals surface area contributed by atoms with Gasteiger partial charge in [-0.1, -0.05) is 121 Å². The highest BCUT2D eigenvalue weighted by atomic mass is 79.9. The topological polar surface area (TPSA) is 113 Å². The number of hydrogen-bond donors (Lipinski definition) is 2. The van der Waals surface area contributed by atoms with Gasteiger partial charge in [-0.15, -0.1) is 0 Å². The van der Waals surface area contributed by atoms with Gasteiger partial charge >= 0.3 is 6.09 Å². The number of rotatable bonds is 14. The molecule has 4 aromatic carbocycles. The summed E-state index contributed by atoms with van der Waals surface area (Å²) < 4.78 is 34.7. The minimum absolute atomic E-state index is 0.0144. The zero-order valence-corrected chi connectivity index (χ0v) is 28.8. The lowest BCUT2D eigenvalue weighted by atomic mass is 9.98. The summed E-state index contributed by atoms with van der Waals surface area (Å²) >= 11 is 3.14. The highest BCUT2D eigenvalue weighted by Gasteiger charge is 2.33. The van der Waals surface area contributed by atoms with E-state index in [0.29, 0.717) is 5.56 Å². The molecule has 0 bridgehead atoms. The molecule has 47 heavy (non-hydrogen) atoms. The molecular weight excluding hydrogens is 680 g/mol. The van der Waals surface area contributed by atoms with Gasteiger partial charge in [0.25, 0.3) is 0 Å². The number of nitrogens with one attached hydrogen (secondary N) is 1. The maximum absolute atomic E-state index is 13.8. The summed E-state index contributed by atoms with van der Waals surface area (Å²) in [6.07, 6.45) is -1.71. The number of alkyl carbamates (subject to hydrolysis) is 1. The summed E-state index contributed by atoms with van der Waals surface area (Å²) in [7, 11) is -4.05. The van der Waals surface area contributed by atoms with Crippen LogP contribution in [0.4, 0.5) is 4.79 Å². The predicted octanol–water partition coefficient (Wildman–Crippen LogP) is 6.42. The molecule has 0 fully saturated rings. The van der Waals surface area contributed by atoms with E-state index in [1.807, 2.05) is 80.6 Å². The van der Waals surface area contributed by atoms with E-state index in [-0.39, 0.29) is 54.0 Å². The second-order valence-electron chi connectivity index (χ2n) is 12.1. The van der Waals surface area contributed by atoms with E-state index in [2.05, 4.69) is 33.4 Å². The number of nitrogens with zero attached hydrogens (tertiary/aromatic N) is 1. The fourth-order valence-electron chi connectivity index (χ4n) is 6.00. The van der Waals surface area contributed by atoms with Crippen LogP contribution in [0.3, 0.4) is 0 Å². The SMILES string of the molecule is CC(C)CN(CC(O)C(Cc1ccccc1)NC(=O)OCC1c2ccccc2-c2ccccc21)S(=O)(=O)c1ccc(C(=O)CBr)cc1. The molecular formula is C37H39BrN2O6S. The second-order valence-corrected chi connectivity index (χ2v) is 14.6. The highest BCUT2D eigenvalue weighted by Crippen LogP contribution is 2.44. The van der Waals surface area contributed by atoms with E-state index < -0.39 is 28.3 Å². The van der Waals surface area contributed by atoms with Crippen LogP contribution in [0.1, 0.15) is 46.8 Å². The molecule has 0 aliphatic heterocycles. The molecule has 0 spiro atoms. The number of alkyl halides is 1. The van der Waals surface area contributed by atoms with Gasteiger partial charge in [-0.3, -0.25) is 4.79 Å². The number of benzene rings is 4. The van der Waals surface area contributed by atoms with Crippen molar-refractivity contribution >= 4 is 37.8 Å². The fourth-order valence-corrected chi connectivity index (χ4v) is 7.94. The van der Waals surface area contributed by atoms with Gasteiger partial charge in [-0.05, 0) is 52.3 Å². The van der Waals surface area contributed by atoms with Crippen LogP contribution in [0.15, 0.2) is 108 Å². The number of Topliss-reactive ketones (excluding diaryl/α,β-unsaturated/α-hetero) is 1. The number of sulfonamides is 1. The van der Waals surface area contributed by atoms with Gasteiger partial charge in [0.1, 0.15) is 6.61 Å². The molecule has 8 nitrogen and oxygen atoms in total. The van der Waals surface area contributed by atoms with Crippen LogP contribution in [0.25, 0.3) is 11.1 Å². The van der Waals surface area contributed by atoms with Crippen LogP contribution in [0.2, 0.25) is 0 Å². The van der Waals surface area contributed by atoms with Gasteiger partial charge in [0.15, 0.2) is 5.78 Å². The molecule has 0 saturated heterocycles. The zero-order valence-electron chi connectivity index (χ0n) is 26.4. The molecule has 4 aromatic rings. The van der Waals surface area contributed by atoms with Crippen molar-refractivity contribution in [1.29, 1.82) is 0 Å². The Labute approximate surface area is 285 Å². The average Bonchev–Trinajstić information content (AvgIpc) is 3.40. The number of aliphatic hydroxyl groups excluding tert-OH is 1. The number of halogens is 1. The predicted molar refractivity (Wildman–Crippen MR) is 186 cm³/mol. The fraction of sp³-hybridized carbons (Fsp3) is 0.297. The molecule has 0 heterocycles. The Morgan fingerprint density at radius 1 is 0.851 bits per heavy atom. The molecule has 2 unspecified atom stereocenters. The molecule has 0 aromatic heterocycles. The summed E-state index contributed by atoms with van der Waals surface area (Å²) in [4.78, 5) is 25.4. The molecule has 0 saturated carbocycles. The van der Waals surface area contributed by atoms with Crippen molar-refractivity contribution in [3.63, 3.8) is 0 Å². The third kappa shape index (κ3) is 8.19. The molecule has 2 atom stereocenters. The number of aliphatic hydroxyl groups is 1. The Bertz CT molecular complexity index is 1750. The monoisotopic (exact) mass is 718 g/mol. The summed E-state index contributed by atoms with van der Waals surface area (Å²) in [6, 6.07) is 30.4. The Hall–Kier alpha value is -3.83. The highest BCUT2D eigenvalue weighted by molar-refractivity contribution is 9.09. The van der Waals surface area contributed by atoms with Crippen molar-refractivity contribution in [2.45, 2.75) is 43.2 Å². The van der Waals surface area contributed by atoms with Gasteiger partial charge in [0.05, 0.1) is 22.4 Å². The molecule has 10 heteroatoms. The van der Waals surface area contributed by atoms with E-state index in [9.17, 15) is 23.1 Å². The van der Waals surface area contributed by atoms with Crippen LogP contribution in [0.5, 0.6) is 0 Å². The molecule has 2 N–H and O–H groups in total. The third-order valence-corrected chi connectivity index (χ3v) is 10.7. The Kier molecular flexibility index (Phi) is 11.3. The van der Waals surface area contributed by atoms with Crippen LogP contribution >= 0.6 is 15.9 Å². The summed E-state index contributed by atoms with van der Waals surface area (Å²) in [5.41, 5.74) is 5.66. The van der Waals surface area contributed by atoms with Gasteiger partial charge < -0.3 is 15.2 Å². The Morgan fingerprint density at radius 3 is 2.00 bits per heavy atom. The van der Waals surface area contributed by atoms with Crippen molar-refractivity contribution in [2.75, 3.05) is 25.0 Å². The number of ether oxygens (including phenoxy) is 1. The average molecular weight is 720 g/mol. The van der Waals surface area contributed by atoms with E-state index in [1.54, 1.807) is 0 Å². The van der Waals surface area contributed by atoms with Crippen molar-refractivity contribution in [3.05, 3.63) is 125 Å². The van der Waals surface area contributed by atoms with Crippen molar-refractivity contribution in [2.24, 2.45) is 5.92 Å². The number of carbonyl (C=O) groups excluding carboxylic acids is 2. The van der Waals surface area contributed by atoms with Crippen molar-refractivity contribution in [3.8, 4) is 11.1 Å². The maximum atomic E-state index is 13.8.